The molecule has 0 atom stereocenters. The first-order chi connectivity index (χ1) is 12.5. The molecule has 2 aromatic heterocycles. The van der Waals surface area contributed by atoms with Crippen molar-refractivity contribution in [2.24, 2.45) is 0 Å². The maximum Gasteiger partial charge on any atom is 0.258 e. The van der Waals surface area contributed by atoms with E-state index in [9.17, 15) is 14.4 Å². The molecule has 0 unspecified atom stereocenters. The van der Waals surface area contributed by atoms with Crippen molar-refractivity contribution in [3.8, 4) is 0 Å². The fourth-order valence-corrected chi connectivity index (χ4v) is 2.76. The second-order valence-electron chi connectivity index (χ2n) is 4.92. The van der Waals surface area contributed by atoms with E-state index in [0.29, 0.717) is 22.0 Å². The Morgan fingerprint density at radius 2 is 1.88 bits per heavy atom. The molecule has 9 heteroatoms. The van der Waals surface area contributed by atoms with E-state index in [4.69, 9.17) is 11.6 Å². The highest BCUT2D eigenvalue weighted by Crippen LogP contribution is 2.25. The van der Waals surface area contributed by atoms with Gasteiger partial charge in [0.15, 0.2) is 0 Å². The van der Waals surface area contributed by atoms with E-state index in [1.807, 2.05) is 0 Å². The number of hydrogen-bond donors (Lipinski definition) is 3. The third-order valence-corrected chi connectivity index (χ3v) is 4.01. The van der Waals surface area contributed by atoms with Gasteiger partial charge in [0.25, 0.3) is 11.5 Å². The van der Waals surface area contributed by atoms with E-state index in [2.05, 4.69) is 20.6 Å². The Labute approximate surface area is 158 Å². The molecule has 0 bridgehead atoms. The monoisotopic (exact) mass is 390 g/mol. The van der Waals surface area contributed by atoms with Gasteiger partial charge in [-0.3, -0.25) is 14.4 Å². The summed E-state index contributed by atoms with van der Waals surface area (Å²) in [4.78, 5) is 39.3. The number of carbonyl (C=O) groups excluding carboxylic acids is 2. The third kappa shape index (κ3) is 5.83. The van der Waals surface area contributed by atoms with E-state index in [1.54, 1.807) is 35.0 Å². The predicted octanol–water partition coefficient (Wildman–Crippen LogP) is 3.38. The van der Waals surface area contributed by atoms with Crippen LogP contribution in [0.5, 0.6) is 0 Å². The molecule has 0 spiro atoms. The highest BCUT2D eigenvalue weighted by molar-refractivity contribution is 7.08. The quantitative estimate of drug-likeness (QED) is 0.637. The summed E-state index contributed by atoms with van der Waals surface area (Å²) in [6.07, 6.45) is 2.79. The number of halogens is 1. The minimum absolute atomic E-state index is 0.116. The first-order valence-electron chi connectivity index (χ1n) is 7.35. The zero-order chi connectivity index (χ0) is 18.9. The zero-order valence-electron chi connectivity index (χ0n) is 13.7. The van der Waals surface area contributed by atoms with Crippen molar-refractivity contribution in [3.63, 3.8) is 0 Å². The Bertz CT molecular complexity index is 937. The van der Waals surface area contributed by atoms with E-state index >= 15 is 0 Å². The van der Waals surface area contributed by atoms with Gasteiger partial charge in [0.1, 0.15) is 0 Å². The first-order valence-corrected chi connectivity index (χ1v) is 8.68. The number of hydrogen-bond acceptors (Lipinski definition) is 5. The number of amides is 2. The topological polar surface area (TPSA) is 104 Å². The largest absolute Gasteiger partial charge is 0.325 e. The molecule has 3 rings (SSSR count). The molecule has 3 N–H and O–H groups in total. The van der Waals surface area contributed by atoms with Gasteiger partial charge in [-0.1, -0.05) is 23.7 Å². The van der Waals surface area contributed by atoms with Crippen LogP contribution in [0.3, 0.4) is 0 Å². The zero-order valence-corrected chi connectivity index (χ0v) is 15.2. The van der Waals surface area contributed by atoms with Crippen LogP contribution < -0.4 is 16.2 Å². The molecule has 0 saturated carbocycles. The Hall–Kier alpha value is -2.97. The minimum Gasteiger partial charge on any atom is -0.325 e. The van der Waals surface area contributed by atoms with Crippen LogP contribution in [0.4, 0.5) is 11.4 Å². The molecule has 1 aromatic carbocycles. The van der Waals surface area contributed by atoms with Crippen molar-refractivity contribution >= 4 is 46.1 Å². The molecular weight excluding hydrogens is 376 g/mol. The molecule has 0 radical (unpaired) electrons. The van der Waals surface area contributed by atoms with Crippen molar-refractivity contribution in [1.82, 2.24) is 9.97 Å². The molecule has 7 nitrogen and oxygen atoms in total. The van der Waals surface area contributed by atoms with Crippen LogP contribution >= 0.6 is 22.9 Å². The molecule has 134 valence electrons. The number of para-hydroxylation sites is 1. The lowest BCUT2D eigenvalue weighted by Gasteiger charge is -2.07. The number of thiophene rings is 1. The molecule has 0 fully saturated rings. The molecular formula is C17H15ClN4O3S. The van der Waals surface area contributed by atoms with E-state index < -0.39 is 0 Å². The second kappa shape index (κ2) is 9.50. The molecule has 0 aliphatic heterocycles. The fourth-order valence-electron chi connectivity index (χ4n) is 1.81. The number of rotatable bonds is 3. The second-order valence-corrected chi connectivity index (χ2v) is 6.07. The Morgan fingerprint density at radius 3 is 2.46 bits per heavy atom. The maximum absolute atomic E-state index is 12.1. The van der Waals surface area contributed by atoms with Gasteiger partial charge >= 0.3 is 0 Å². The summed E-state index contributed by atoms with van der Waals surface area (Å²) in [5.74, 6) is -0.525. The summed E-state index contributed by atoms with van der Waals surface area (Å²) in [7, 11) is 0. The molecule has 26 heavy (non-hydrogen) atoms. The molecule has 0 aliphatic rings. The Kier molecular flexibility index (Phi) is 7.07. The van der Waals surface area contributed by atoms with Crippen molar-refractivity contribution in [3.05, 3.63) is 74.6 Å². The van der Waals surface area contributed by atoms with Gasteiger partial charge in [-0.15, -0.1) is 11.3 Å². The van der Waals surface area contributed by atoms with E-state index in [1.165, 1.54) is 36.9 Å². The molecule has 0 saturated heterocycles. The summed E-state index contributed by atoms with van der Waals surface area (Å²) >= 11 is 7.31. The third-order valence-electron chi connectivity index (χ3n) is 2.93. The predicted molar refractivity (Wildman–Crippen MR) is 103 cm³/mol. The van der Waals surface area contributed by atoms with Crippen LogP contribution in [0.2, 0.25) is 5.02 Å². The highest BCUT2D eigenvalue weighted by Gasteiger charge is 2.14. The summed E-state index contributed by atoms with van der Waals surface area (Å²) in [5.41, 5.74) is 1.34. The van der Waals surface area contributed by atoms with Crippen molar-refractivity contribution < 1.29 is 9.59 Å². The average Bonchev–Trinajstić information content (AvgIpc) is 3.06. The normalized spacial score (nSPS) is 9.62. The van der Waals surface area contributed by atoms with Crippen LogP contribution in [0, 0.1) is 0 Å². The van der Waals surface area contributed by atoms with Crippen LogP contribution in [0.25, 0.3) is 0 Å². The summed E-state index contributed by atoms with van der Waals surface area (Å²) < 4.78 is 0. The standard InChI is InChI=1S/C13H11ClN2O2S.C4H4N2O/c1-8(17)15-12-7-19-6-9(12)13(18)16-11-5-3-2-4-10(11)14;7-4-1-2-5-3-6-4/h2-7H,1H3,(H,15,17)(H,16,18);1-3H,(H,5,6,7). The number of nitrogens with one attached hydrogen (secondary N) is 3. The number of carbonyl (C=O) groups is 2. The van der Waals surface area contributed by atoms with E-state index in [-0.39, 0.29) is 17.4 Å². The fraction of sp³-hybridized carbons (Fsp3) is 0.0588. The lowest BCUT2D eigenvalue weighted by atomic mass is 10.2. The number of aromatic nitrogens is 2. The molecule has 3 aromatic rings. The number of nitrogens with zero attached hydrogens (tertiary/aromatic N) is 1. The van der Waals surface area contributed by atoms with Gasteiger partial charge in [0.05, 0.1) is 28.3 Å². The van der Waals surface area contributed by atoms with Gasteiger partial charge in [0.2, 0.25) is 5.91 Å². The van der Waals surface area contributed by atoms with Crippen molar-refractivity contribution in [1.29, 1.82) is 0 Å². The Balaban J connectivity index is 0.000000290. The number of benzene rings is 1. The average molecular weight is 391 g/mol. The summed E-state index contributed by atoms with van der Waals surface area (Å²) in [6, 6.07) is 8.33. The van der Waals surface area contributed by atoms with Gasteiger partial charge in [0, 0.05) is 29.9 Å². The van der Waals surface area contributed by atoms with Crippen LogP contribution in [0.15, 0.2) is 58.4 Å². The summed E-state index contributed by atoms with van der Waals surface area (Å²) in [6.45, 7) is 1.40. The Morgan fingerprint density at radius 1 is 1.12 bits per heavy atom. The maximum atomic E-state index is 12.1. The lowest BCUT2D eigenvalue weighted by Crippen LogP contribution is -2.15. The van der Waals surface area contributed by atoms with Gasteiger partial charge < -0.3 is 15.6 Å². The summed E-state index contributed by atoms with van der Waals surface area (Å²) in [5, 5.41) is 9.18. The minimum atomic E-state index is -0.307. The van der Waals surface area contributed by atoms with Crippen molar-refractivity contribution in [2.45, 2.75) is 6.92 Å². The van der Waals surface area contributed by atoms with E-state index in [0.717, 1.165) is 0 Å². The smallest absolute Gasteiger partial charge is 0.258 e. The van der Waals surface area contributed by atoms with Crippen molar-refractivity contribution in [2.75, 3.05) is 10.6 Å². The van der Waals surface area contributed by atoms with Crippen LogP contribution in [-0.2, 0) is 4.79 Å². The molecule has 0 aliphatic carbocycles. The highest BCUT2D eigenvalue weighted by atomic mass is 35.5. The number of H-pyrrole nitrogens is 1. The van der Waals surface area contributed by atoms with Gasteiger partial charge in [-0.05, 0) is 12.1 Å². The van der Waals surface area contributed by atoms with Crippen LogP contribution in [-0.4, -0.2) is 21.8 Å². The molecule has 2 amide bonds. The van der Waals surface area contributed by atoms with Gasteiger partial charge in [-0.2, -0.15) is 0 Å². The SMILES string of the molecule is CC(=O)Nc1cscc1C(=O)Nc1ccccc1Cl.O=c1ccnc[nH]1. The first kappa shape index (κ1) is 19.4. The van der Waals surface area contributed by atoms with Crippen LogP contribution in [0.1, 0.15) is 17.3 Å². The lowest BCUT2D eigenvalue weighted by molar-refractivity contribution is -0.114. The molecule has 2 heterocycles. The van der Waals surface area contributed by atoms with Gasteiger partial charge in [-0.25, -0.2) is 4.98 Å². The number of anilines is 2. The number of aromatic amines is 1.